The number of thioether (sulfide) groups is 1. The minimum absolute atomic E-state index is 0.0347. The smallest absolute Gasteiger partial charge is 0.244 e. The van der Waals surface area contributed by atoms with Crippen molar-refractivity contribution >= 4 is 27.6 Å². The molecule has 0 unspecified atom stereocenters. The van der Waals surface area contributed by atoms with E-state index in [9.17, 15) is 13.2 Å². The van der Waals surface area contributed by atoms with Crippen molar-refractivity contribution in [2.45, 2.75) is 40.9 Å². The van der Waals surface area contributed by atoms with Crippen molar-refractivity contribution in [2.24, 2.45) is 0 Å². The maximum Gasteiger partial charge on any atom is 0.244 e. The van der Waals surface area contributed by atoms with Gasteiger partial charge in [-0.2, -0.15) is 0 Å². The molecule has 110 valence electrons. The number of nitrogens with zero attached hydrogens (tertiary/aromatic N) is 2. The quantitative estimate of drug-likeness (QED) is 0.849. The van der Waals surface area contributed by atoms with Gasteiger partial charge < -0.3 is 0 Å². The molecule has 1 aromatic rings. The van der Waals surface area contributed by atoms with E-state index in [1.807, 2.05) is 0 Å². The normalized spacial score (nSPS) is 20.4. The molecule has 7 heteroatoms. The molecule has 1 heterocycles. The van der Waals surface area contributed by atoms with Crippen molar-refractivity contribution in [1.82, 2.24) is 9.29 Å². The third-order valence-electron chi connectivity index (χ3n) is 3.25. The molecule has 0 spiro atoms. The van der Waals surface area contributed by atoms with Gasteiger partial charge in [0.25, 0.3) is 0 Å². The van der Waals surface area contributed by atoms with Gasteiger partial charge in [0.15, 0.2) is 0 Å². The van der Waals surface area contributed by atoms with Crippen LogP contribution in [-0.2, 0) is 14.8 Å². The number of hydrogen-bond donors (Lipinski definition) is 0. The summed E-state index contributed by atoms with van der Waals surface area (Å²) in [5, 5.41) is 0.663. The molecule has 0 N–H and O–H groups in total. The number of pyridine rings is 1. The van der Waals surface area contributed by atoms with Gasteiger partial charge in [0, 0.05) is 26.7 Å². The molecule has 0 saturated heterocycles. The minimum atomic E-state index is -3.44. The maximum absolute atomic E-state index is 11.9. The molecule has 0 amide bonds. The second kappa shape index (κ2) is 6.24. The van der Waals surface area contributed by atoms with Gasteiger partial charge in [0.2, 0.25) is 10.0 Å². The molecule has 1 saturated carbocycles. The van der Waals surface area contributed by atoms with Crippen molar-refractivity contribution < 1.29 is 13.2 Å². The fraction of sp³-hybridized carbons (Fsp3) is 0.538. The molecule has 0 aliphatic heterocycles. The third-order valence-corrected chi connectivity index (χ3v) is 6.31. The first-order valence-corrected chi connectivity index (χ1v) is 8.81. The summed E-state index contributed by atoms with van der Waals surface area (Å²) in [4.78, 5) is 16.1. The number of ketones is 1. The molecule has 5 nitrogen and oxygen atoms in total. The van der Waals surface area contributed by atoms with Crippen LogP contribution in [0.2, 0.25) is 0 Å². The van der Waals surface area contributed by atoms with Gasteiger partial charge in [0.1, 0.15) is 10.7 Å². The molecular weight excluding hydrogens is 296 g/mol. The Balaban J connectivity index is 2.11. The zero-order chi connectivity index (χ0) is 14.8. The highest BCUT2D eigenvalue weighted by Crippen LogP contribution is 2.30. The summed E-state index contributed by atoms with van der Waals surface area (Å²) >= 11 is 1.43. The monoisotopic (exact) mass is 314 g/mol. The average molecular weight is 314 g/mol. The van der Waals surface area contributed by atoms with Crippen LogP contribution in [0.15, 0.2) is 28.3 Å². The molecule has 0 bridgehead atoms. The Morgan fingerprint density at radius 3 is 2.60 bits per heavy atom. The Bertz CT molecular complexity index is 582. The van der Waals surface area contributed by atoms with Crippen LogP contribution in [0.5, 0.6) is 0 Å². The Hall–Kier alpha value is -0.920. The molecule has 0 radical (unpaired) electrons. The van der Waals surface area contributed by atoms with Crippen LogP contribution in [0.25, 0.3) is 0 Å². The van der Waals surface area contributed by atoms with Gasteiger partial charge in [-0.3, -0.25) is 4.79 Å². The first-order valence-electron chi connectivity index (χ1n) is 6.49. The zero-order valence-corrected chi connectivity index (χ0v) is 13.2. The fourth-order valence-corrected chi connectivity index (χ4v) is 3.95. The second-order valence-electron chi connectivity index (χ2n) is 4.94. The SMILES string of the molecule is CN(C)S(=O)(=O)c1ccc(S[C@H]2CCCCC2=O)nc1. The molecule has 1 fully saturated rings. The Kier molecular flexibility index (Phi) is 4.82. The molecule has 0 aromatic carbocycles. The van der Waals surface area contributed by atoms with Crippen LogP contribution in [0.1, 0.15) is 25.7 Å². The number of carbonyl (C=O) groups excluding carboxylic acids is 1. The highest BCUT2D eigenvalue weighted by atomic mass is 32.2. The standard InChI is InChI=1S/C13H18N2O3S2/c1-15(2)20(17,18)10-7-8-13(14-9-10)19-12-6-4-3-5-11(12)16/h7-9,12H,3-6H2,1-2H3/t12-/m0/s1. The molecule has 1 aliphatic carbocycles. The van der Waals surface area contributed by atoms with Gasteiger partial charge >= 0.3 is 0 Å². The Morgan fingerprint density at radius 2 is 2.05 bits per heavy atom. The molecule has 1 aromatic heterocycles. The van der Waals surface area contributed by atoms with E-state index in [4.69, 9.17) is 0 Å². The predicted octanol–water partition coefficient (Wildman–Crippen LogP) is 1.94. The minimum Gasteiger partial charge on any atom is -0.298 e. The van der Waals surface area contributed by atoms with Gasteiger partial charge in [-0.15, -0.1) is 0 Å². The molecule has 1 aliphatic rings. The first kappa shape index (κ1) is 15.5. The van der Waals surface area contributed by atoms with Gasteiger partial charge in [-0.25, -0.2) is 17.7 Å². The molecule has 20 heavy (non-hydrogen) atoms. The molecule has 1 atom stereocenters. The highest BCUT2D eigenvalue weighted by molar-refractivity contribution is 8.00. The van der Waals surface area contributed by atoms with Crippen LogP contribution in [-0.4, -0.2) is 42.8 Å². The van der Waals surface area contributed by atoms with Gasteiger partial charge in [-0.05, 0) is 25.0 Å². The van der Waals surface area contributed by atoms with E-state index in [0.717, 1.165) is 23.6 Å². The summed E-state index contributed by atoms with van der Waals surface area (Å²) in [6.45, 7) is 0. The zero-order valence-electron chi connectivity index (χ0n) is 11.6. The topological polar surface area (TPSA) is 67.3 Å². The lowest BCUT2D eigenvalue weighted by Crippen LogP contribution is -2.22. The summed E-state index contributed by atoms with van der Waals surface area (Å²) in [6, 6.07) is 3.21. The second-order valence-corrected chi connectivity index (χ2v) is 8.31. The summed E-state index contributed by atoms with van der Waals surface area (Å²) in [5.74, 6) is 0.271. The lowest BCUT2D eigenvalue weighted by Gasteiger charge is -2.19. The van der Waals surface area contributed by atoms with E-state index < -0.39 is 10.0 Å². The molecular formula is C13H18N2O3S2. The van der Waals surface area contributed by atoms with Crippen molar-refractivity contribution in [1.29, 1.82) is 0 Å². The van der Waals surface area contributed by atoms with Crippen LogP contribution < -0.4 is 0 Å². The maximum atomic E-state index is 11.9. The largest absolute Gasteiger partial charge is 0.298 e. The van der Waals surface area contributed by atoms with Crippen molar-refractivity contribution in [2.75, 3.05) is 14.1 Å². The van der Waals surface area contributed by atoms with E-state index in [-0.39, 0.29) is 15.9 Å². The number of rotatable bonds is 4. The van der Waals surface area contributed by atoms with E-state index in [0.29, 0.717) is 11.4 Å². The van der Waals surface area contributed by atoms with Gasteiger partial charge in [-0.1, -0.05) is 18.2 Å². The van der Waals surface area contributed by atoms with Crippen molar-refractivity contribution in [3.63, 3.8) is 0 Å². The summed E-state index contributed by atoms with van der Waals surface area (Å²) in [7, 11) is -0.473. The number of hydrogen-bond acceptors (Lipinski definition) is 5. The van der Waals surface area contributed by atoms with Crippen LogP contribution in [0, 0.1) is 0 Å². The van der Waals surface area contributed by atoms with E-state index in [2.05, 4.69) is 4.98 Å². The Labute approximate surface area is 123 Å². The summed E-state index contributed by atoms with van der Waals surface area (Å²) in [6.07, 6.45) is 4.92. The summed E-state index contributed by atoms with van der Waals surface area (Å²) in [5.41, 5.74) is 0. The van der Waals surface area contributed by atoms with Gasteiger partial charge in [0.05, 0.1) is 10.3 Å². The lowest BCUT2D eigenvalue weighted by atomic mass is 9.99. The number of sulfonamides is 1. The van der Waals surface area contributed by atoms with Crippen molar-refractivity contribution in [3.8, 4) is 0 Å². The predicted molar refractivity (Wildman–Crippen MR) is 78.2 cm³/mol. The highest BCUT2D eigenvalue weighted by Gasteiger charge is 2.24. The van der Waals surface area contributed by atoms with Crippen molar-refractivity contribution in [3.05, 3.63) is 18.3 Å². The van der Waals surface area contributed by atoms with E-state index in [1.165, 1.54) is 38.1 Å². The lowest BCUT2D eigenvalue weighted by molar-refractivity contribution is -0.119. The van der Waals surface area contributed by atoms with Crippen LogP contribution in [0.4, 0.5) is 0 Å². The number of aromatic nitrogens is 1. The summed E-state index contributed by atoms with van der Waals surface area (Å²) < 4.78 is 25.0. The fourth-order valence-electron chi connectivity index (χ4n) is 2.02. The van der Waals surface area contributed by atoms with E-state index >= 15 is 0 Å². The first-order chi connectivity index (χ1) is 9.41. The van der Waals surface area contributed by atoms with E-state index in [1.54, 1.807) is 6.07 Å². The van der Waals surface area contributed by atoms with Crippen LogP contribution in [0.3, 0.4) is 0 Å². The number of carbonyl (C=O) groups is 1. The Morgan fingerprint density at radius 1 is 1.30 bits per heavy atom. The average Bonchev–Trinajstić information content (AvgIpc) is 2.42. The number of Topliss-reactive ketones (excluding diaryl/α,β-unsaturated/α-hetero) is 1. The third kappa shape index (κ3) is 3.39. The molecule has 2 rings (SSSR count). The van der Waals surface area contributed by atoms with Crippen LogP contribution >= 0.6 is 11.8 Å².